The molecule has 0 spiro atoms. The van der Waals surface area contributed by atoms with Crippen LogP contribution < -0.4 is 0 Å². The van der Waals surface area contributed by atoms with Crippen LogP contribution in [0.1, 0.15) is 17.3 Å². The van der Waals surface area contributed by atoms with E-state index in [4.69, 9.17) is 5.53 Å². The van der Waals surface area contributed by atoms with Crippen molar-refractivity contribution >= 4 is 5.91 Å². The lowest BCUT2D eigenvalue weighted by molar-refractivity contribution is 0.0463. The number of carbonyl (C=O) groups is 1. The van der Waals surface area contributed by atoms with Gasteiger partial charge in [0.1, 0.15) is 5.82 Å². The van der Waals surface area contributed by atoms with E-state index in [1.165, 1.54) is 37.5 Å². The van der Waals surface area contributed by atoms with E-state index in [0.717, 1.165) is 11.0 Å². The van der Waals surface area contributed by atoms with Crippen LogP contribution in [0.25, 0.3) is 11.4 Å². The molecule has 1 amide bonds. The van der Waals surface area contributed by atoms with Gasteiger partial charge in [0.15, 0.2) is 5.82 Å². The lowest BCUT2D eigenvalue weighted by atomic mass is 10.0. The second kappa shape index (κ2) is 8.32. The van der Waals surface area contributed by atoms with Gasteiger partial charge in [-0.3, -0.25) is 4.79 Å². The summed E-state index contributed by atoms with van der Waals surface area (Å²) in [7, 11) is 0. The van der Waals surface area contributed by atoms with E-state index in [0.29, 0.717) is 0 Å². The number of hydrogen-bond donors (Lipinski definition) is 1. The molecule has 0 radical (unpaired) electrons. The zero-order valence-corrected chi connectivity index (χ0v) is 13.4. The van der Waals surface area contributed by atoms with Crippen molar-refractivity contribution in [3.8, 4) is 11.4 Å². The number of nitrogens with zero attached hydrogens (tertiary/aromatic N) is 4. The van der Waals surface area contributed by atoms with Crippen LogP contribution in [0, 0.1) is 11.3 Å². The highest BCUT2D eigenvalue weighted by Gasteiger charge is 2.28. The Kier molecular flexibility index (Phi) is 6.15. The highest BCUT2D eigenvalue weighted by Crippen LogP contribution is 2.25. The summed E-state index contributed by atoms with van der Waals surface area (Å²) in [5.41, 5.74) is 6.61. The van der Waals surface area contributed by atoms with Gasteiger partial charge in [0.2, 0.25) is 0 Å². The Balaban J connectivity index is 2.50. The molecule has 1 aromatic carbocycles. The fraction of sp³-hybridized carbons (Fsp3) is 0.312. The van der Waals surface area contributed by atoms with Crippen molar-refractivity contribution < 1.29 is 18.0 Å². The number of carbonyl (C=O) groups excluding carboxylic acids is 1. The van der Waals surface area contributed by atoms with Crippen molar-refractivity contribution in [2.75, 3.05) is 13.1 Å². The van der Waals surface area contributed by atoms with E-state index in [9.17, 15) is 18.0 Å². The van der Waals surface area contributed by atoms with E-state index in [1.807, 2.05) is 0 Å². The molecule has 25 heavy (non-hydrogen) atoms. The number of nitrogens with one attached hydrogen (secondary N) is 1. The van der Waals surface area contributed by atoms with Gasteiger partial charge in [-0.2, -0.15) is 5.11 Å². The minimum absolute atomic E-state index is 0.0150. The monoisotopic (exact) mass is 351 g/mol. The second-order valence-electron chi connectivity index (χ2n) is 5.27. The summed E-state index contributed by atoms with van der Waals surface area (Å²) in [6.45, 7) is 0.516. The third kappa shape index (κ3) is 4.37. The molecule has 0 bridgehead atoms. The van der Waals surface area contributed by atoms with Gasteiger partial charge in [0.05, 0.1) is 30.3 Å². The highest BCUT2D eigenvalue weighted by atomic mass is 19.3. The van der Waals surface area contributed by atoms with Crippen molar-refractivity contribution in [1.29, 1.82) is 5.53 Å². The molecule has 9 heteroatoms. The van der Waals surface area contributed by atoms with Gasteiger partial charge in [0, 0.05) is 12.4 Å². The smallest absolute Gasteiger partial charge is 0.255 e. The topological polar surface area (TPSA) is 82.3 Å². The Morgan fingerprint density at radius 1 is 1.28 bits per heavy atom. The molecule has 1 atom stereocenters. The van der Waals surface area contributed by atoms with E-state index in [2.05, 4.69) is 15.1 Å². The number of rotatable bonds is 7. The van der Waals surface area contributed by atoms with Crippen molar-refractivity contribution in [2.24, 2.45) is 5.11 Å². The average Bonchev–Trinajstić information content (AvgIpc) is 2.59. The maximum Gasteiger partial charge on any atom is 0.255 e. The summed E-state index contributed by atoms with van der Waals surface area (Å²) in [5, 5.41) is 3.15. The summed E-state index contributed by atoms with van der Waals surface area (Å²) < 4.78 is 40.1. The predicted molar refractivity (Wildman–Crippen MR) is 83.9 cm³/mol. The minimum atomic E-state index is -2.78. The summed E-state index contributed by atoms with van der Waals surface area (Å²) in [4.78, 5) is 21.6. The van der Waals surface area contributed by atoms with E-state index >= 15 is 0 Å². The molecule has 0 saturated heterocycles. The van der Waals surface area contributed by atoms with Crippen LogP contribution in [0.5, 0.6) is 0 Å². The summed E-state index contributed by atoms with van der Waals surface area (Å²) in [6.07, 6.45) is 0.00504. The maximum absolute atomic E-state index is 14.3. The largest absolute Gasteiger partial charge is 0.328 e. The third-order valence-electron chi connectivity index (χ3n) is 3.52. The fourth-order valence-corrected chi connectivity index (χ4v) is 2.35. The molecule has 0 aliphatic heterocycles. The SMILES string of the molecule is C[C@@H](CN=N)N(CC(F)F)C(=O)c1cccc(F)c1-c1ncccn1. The van der Waals surface area contributed by atoms with Gasteiger partial charge in [0.25, 0.3) is 12.3 Å². The Labute approximate surface area is 142 Å². The highest BCUT2D eigenvalue weighted by molar-refractivity contribution is 6.00. The molecule has 0 unspecified atom stereocenters. The lowest BCUT2D eigenvalue weighted by Crippen LogP contribution is -2.43. The zero-order chi connectivity index (χ0) is 18.4. The van der Waals surface area contributed by atoms with Crippen LogP contribution >= 0.6 is 0 Å². The number of benzene rings is 1. The first-order chi connectivity index (χ1) is 12.0. The molecule has 132 valence electrons. The maximum atomic E-state index is 14.3. The molecule has 6 nitrogen and oxygen atoms in total. The summed E-state index contributed by atoms with van der Waals surface area (Å²) in [6, 6.07) is 4.58. The molecule has 1 N–H and O–H groups in total. The molecule has 0 fully saturated rings. The van der Waals surface area contributed by atoms with Gasteiger partial charge in [-0.05, 0) is 25.1 Å². The summed E-state index contributed by atoms with van der Waals surface area (Å²) in [5.74, 6) is -1.54. The minimum Gasteiger partial charge on any atom is -0.328 e. The molecule has 0 aliphatic rings. The van der Waals surface area contributed by atoms with Crippen LogP contribution in [0.3, 0.4) is 0 Å². The van der Waals surface area contributed by atoms with E-state index in [1.54, 1.807) is 0 Å². The van der Waals surface area contributed by atoms with Gasteiger partial charge < -0.3 is 4.90 Å². The number of aromatic nitrogens is 2. The van der Waals surface area contributed by atoms with Crippen LogP contribution in [0.4, 0.5) is 13.2 Å². The first kappa shape index (κ1) is 18.5. The normalized spacial score (nSPS) is 12.0. The zero-order valence-electron chi connectivity index (χ0n) is 13.4. The molecular weight excluding hydrogens is 335 g/mol. The average molecular weight is 351 g/mol. The lowest BCUT2D eigenvalue weighted by Gasteiger charge is -2.28. The molecule has 1 heterocycles. The number of amides is 1. The molecule has 2 aromatic rings. The van der Waals surface area contributed by atoms with Crippen molar-refractivity contribution in [1.82, 2.24) is 14.9 Å². The third-order valence-corrected chi connectivity index (χ3v) is 3.52. The predicted octanol–water partition coefficient (Wildman–Crippen LogP) is 3.41. The molecule has 1 aromatic heterocycles. The van der Waals surface area contributed by atoms with Crippen LogP contribution in [-0.4, -0.2) is 46.3 Å². The summed E-state index contributed by atoms with van der Waals surface area (Å²) >= 11 is 0. The standard InChI is InChI=1S/C16H16F3N5O/c1-10(8-23-20)24(9-13(18)19)16(25)11-4-2-5-12(17)14(11)15-21-6-3-7-22-15/h2-7,10,13,20H,8-9H2,1H3/t10-/m0/s1. The first-order valence-electron chi connectivity index (χ1n) is 7.44. The van der Waals surface area contributed by atoms with Crippen LogP contribution in [0.2, 0.25) is 0 Å². The van der Waals surface area contributed by atoms with Crippen molar-refractivity contribution in [2.45, 2.75) is 19.4 Å². The van der Waals surface area contributed by atoms with Gasteiger partial charge in [-0.15, -0.1) is 0 Å². The molecule has 0 aliphatic carbocycles. The van der Waals surface area contributed by atoms with Crippen LogP contribution in [-0.2, 0) is 0 Å². The Morgan fingerprint density at radius 3 is 2.56 bits per heavy atom. The van der Waals surface area contributed by atoms with Gasteiger partial charge >= 0.3 is 0 Å². The number of hydrogen-bond acceptors (Lipinski definition) is 5. The van der Waals surface area contributed by atoms with Gasteiger partial charge in [-0.25, -0.2) is 28.7 Å². The number of alkyl halides is 2. The second-order valence-corrected chi connectivity index (χ2v) is 5.27. The fourth-order valence-electron chi connectivity index (χ4n) is 2.35. The molecule has 0 saturated carbocycles. The Bertz CT molecular complexity index is 742. The Hall–Kier alpha value is -2.84. The van der Waals surface area contributed by atoms with Crippen molar-refractivity contribution in [3.05, 3.63) is 48.0 Å². The van der Waals surface area contributed by atoms with E-state index in [-0.39, 0.29) is 23.5 Å². The molecule has 2 rings (SSSR count). The van der Waals surface area contributed by atoms with Crippen molar-refractivity contribution in [3.63, 3.8) is 0 Å². The van der Waals surface area contributed by atoms with Gasteiger partial charge in [-0.1, -0.05) is 6.07 Å². The van der Waals surface area contributed by atoms with Crippen LogP contribution in [0.15, 0.2) is 41.8 Å². The molecular formula is C16H16F3N5O. The Morgan fingerprint density at radius 2 is 1.96 bits per heavy atom. The van der Waals surface area contributed by atoms with E-state index < -0.39 is 30.7 Å². The number of halogens is 3. The first-order valence-corrected chi connectivity index (χ1v) is 7.44. The quantitative estimate of drug-likeness (QED) is 0.776.